The molecule has 102 valence electrons. The van der Waals surface area contributed by atoms with Crippen molar-refractivity contribution >= 4 is 28.9 Å². The average Bonchev–Trinajstić information content (AvgIpc) is 2.55. The van der Waals surface area contributed by atoms with E-state index in [1.807, 2.05) is 37.3 Å². The molecule has 0 aliphatic heterocycles. The summed E-state index contributed by atoms with van der Waals surface area (Å²) in [6.45, 7) is 5.88. The normalized spacial score (nSPS) is 11.1. The van der Waals surface area contributed by atoms with Crippen LogP contribution in [0.5, 0.6) is 0 Å². The van der Waals surface area contributed by atoms with Crippen molar-refractivity contribution in [2.75, 3.05) is 0 Å². The first kappa shape index (κ1) is 13.3. The molecule has 0 atom stereocenters. The predicted molar refractivity (Wildman–Crippen MR) is 91.1 cm³/mol. The average molecular weight is 272 g/mol. The minimum atomic E-state index is 0.879. The van der Waals surface area contributed by atoms with Gasteiger partial charge in [-0.05, 0) is 30.2 Å². The molecule has 0 aliphatic carbocycles. The van der Waals surface area contributed by atoms with E-state index in [9.17, 15) is 0 Å². The number of rotatable bonds is 3. The topological polar surface area (TPSA) is 25.2 Å². The summed E-state index contributed by atoms with van der Waals surface area (Å²) in [5.41, 5.74) is 5.09. The molecule has 3 aromatic rings. The highest BCUT2D eigenvalue weighted by molar-refractivity contribution is 6.00. The van der Waals surface area contributed by atoms with Crippen LogP contribution in [0.3, 0.4) is 0 Å². The molecule has 0 saturated carbocycles. The van der Waals surface area contributed by atoms with Crippen molar-refractivity contribution in [3.63, 3.8) is 0 Å². The Kier molecular flexibility index (Phi) is 3.61. The third kappa shape index (κ3) is 2.36. The second-order valence-electron chi connectivity index (χ2n) is 4.72. The van der Waals surface area contributed by atoms with Crippen molar-refractivity contribution < 1.29 is 0 Å². The van der Waals surface area contributed by atoms with Crippen LogP contribution in [0.25, 0.3) is 28.1 Å². The molecule has 0 fully saturated rings. The van der Waals surface area contributed by atoms with Gasteiger partial charge in [0.15, 0.2) is 0 Å². The molecule has 0 saturated heterocycles. The number of aromatic nitrogens is 1. The monoisotopic (exact) mass is 272 g/mol. The number of hydrogen-bond acceptors (Lipinski definition) is 2. The van der Waals surface area contributed by atoms with E-state index in [0.29, 0.717) is 0 Å². The molecule has 0 amide bonds. The first-order chi connectivity index (χ1) is 10.3. The maximum atomic E-state index is 4.53. The summed E-state index contributed by atoms with van der Waals surface area (Å²) in [4.78, 5) is 9.01. The summed E-state index contributed by atoms with van der Waals surface area (Å²) >= 11 is 0. The molecular formula is C19H16N2. The van der Waals surface area contributed by atoms with Crippen molar-refractivity contribution in [2.24, 2.45) is 4.99 Å². The van der Waals surface area contributed by atoms with Gasteiger partial charge in [0.2, 0.25) is 0 Å². The Morgan fingerprint density at radius 2 is 1.90 bits per heavy atom. The minimum Gasteiger partial charge on any atom is -0.259 e. The van der Waals surface area contributed by atoms with Gasteiger partial charge < -0.3 is 0 Å². The van der Waals surface area contributed by atoms with Gasteiger partial charge in [0.25, 0.3) is 0 Å². The summed E-state index contributed by atoms with van der Waals surface area (Å²) < 4.78 is 0. The largest absolute Gasteiger partial charge is 0.259 e. The van der Waals surface area contributed by atoms with Crippen LogP contribution in [0.4, 0.5) is 5.69 Å². The van der Waals surface area contributed by atoms with Gasteiger partial charge in [0, 0.05) is 23.4 Å². The molecular weight excluding hydrogens is 256 g/mol. The van der Waals surface area contributed by atoms with Gasteiger partial charge in [-0.15, -0.1) is 0 Å². The van der Waals surface area contributed by atoms with Crippen molar-refractivity contribution in [1.82, 2.24) is 4.98 Å². The van der Waals surface area contributed by atoms with Gasteiger partial charge in [-0.1, -0.05) is 49.1 Å². The molecule has 0 N–H and O–H groups in total. The lowest BCUT2D eigenvalue weighted by Gasteiger charge is -2.12. The van der Waals surface area contributed by atoms with Crippen LogP contribution in [0, 0.1) is 0 Å². The van der Waals surface area contributed by atoms with E-state index < -0.39 is 0 Å². The van der Waals surface area contributed by atoms with Gasteiger partial charge in [0.05, 0.1) is 11.2 Å². The van der Waals surface area contributed by atoms with E-state index in [1.165, 1.54) is 0 Å². The van der Waals surface area contributed by atoms with Crippen molar-refractivity contribution in [3.05, 3.63) is 66.9 Å². The first-order valence-electron chi connectivity index (χ1n) is 6.93. The zero-order valence-electron chi connectivity index (χ0n) is 12.0. The number of benzene rings is 2. The Labute approximate surface area is 124 Å². The lowest BCUT2D eigenvalue weighted by atomic mass is 9.95. The summed E-state index contributed by atoms with van der Waals surface area (Å²) in [5, 5.41) is 1.09. The highest BCUT2D eigenvalue weighted by Gasteiger charge is 2.12. The number of hydrogen-bond donors (Lipinski definition) is 0. The molecule has 1 aromatic heterocycles. The summed E-state index contributed by atoms with van der Waals surface area (Å²) in [6, 6.07) is 16.5. The minimum absolute atomic E-state index is 0.879. The zero-order chi connectivity index (χ0) is 14.7. The summed E-state index contributed by atoms with van der Waals surface area (Å²) in [7, 11) is 0. The van der Waals surface area contributed by atoms with Gasteiger partial charge in [-0.25, -0.2) is 0 Å². The van der Waals surface area contributed by atoms with Crippen LogP contribution in [0.2, 0.25) is 0 Å². The lowest BCUT2D eigenvalue weighted by molar-refractivity contribution is 1.39. The maximum absolute atomic E-state index is 4.53. The Balaban J connectivity index is 2.42. The van der Waals surface area contributed by atoms with Gasteiger partial charge >= 0.3 is 0 Å². The van der Waals surface area contributed by atoms with E-state index in [4.69, 9.17) is 0 Å². The predicted octanol–water partition coefficient (Wildman–Crippen LogP) is 5.27. The van der Waals surface area contributed by atoms with Crippen LogP contribution < -0.4 is 0 Å². The molecule has 2 aromatic carbocycles. The number of nitrogens with zero attached hydrogens (tertiary/aromatic N) is 2. The zero-order valence-corrected chi connectivity index (χ0v) is 12.0. The van der Waals surface area contributed by atoms with Crippen LogP contribution in [0.15, 0.2) is 66.3 Å². The first-order valence-corrected chi connectivity index (χ1v) is 6.93. The molecule has 21 heavy (non-hydrogen) atoms. The third-order valence-electron chi connectivity index (χ3n) is 3.46. The summed E-state index contributed by atoms with van der Waals surface area (Å²) in [5.74, 6) is 0. The number of pyridine rings is 1. The SMILES string of the molecule is C=Cc1c(-c2ccccc2)cc2cccnc2c1/N=C\C. The fourth-order valence-corrected chi connectivity index (χ4v) is 2.54. The molecule has 2 nitrogen and oxygen atoms in total. The Hall–Kier alpha value is -2.74. The van der Waals surface area contributed by atoms with Crippen LogP contribution in [-0.4, -0.2) is 11.2 Å². The van der Waals surface area contributed by atoms with Gasteiger partial charge in [-0.2, -0.15) is 0 Å². The molecule has 0 radical (unpaired) electrons. The van der Waals surface area contributed by atoms with E-state index >= 15 is 0 Å². The molecule has 0 spiro atoms. The van der Waals surface area contributed by atoms with E-state index in [-0.39, 0.29) is 0 Å². The molecule has 0 unspecified atom stereocenters. The quantitative estimate of drug-likeness (QED) is 0.596. The highest BCUT2D eigenvalue weighted by Crippen LogP contribution is 2.37. The second kappa shape index (κ2) is 5.71. The smallest absolute Gasteiger partial charge is 0.0966 e. The number of aliphatic imine (C=N–C) groups is 1. The van der Waals surface area contributed by atoms with E-state index in [1.54, 1.807) is 12.4 Å². The number of fused-ring (bicyclic) bond motifs is 1. The van der Waals surface area contributed by atoms with Crippen LogP contribution in [-0.2, 0) is 0 Å². The Bertz CT molecular complexity index is 818. The van der Waals surface area contributed by atoms with Gasteiger partial charge in [0.1, 0.15) is 0 Å². The molecule has 2 heteroatoms. The Morgan fingerprint density at radius 1 is 1.10 bits per heavy atom. The van der Waals surface area contributed by atoms with E-state index in [0.717, 1.165) is 33.3 Å². The van der Waals surface area contributed by atoms with Crippen molar-refractivity contribution in [1.29, 1.82) is 0 Å². The maximum Gasteiger partial charge on any atom is 0.0966 e. The highest BCUT2D eigenvalue weighted by atomic mass is 14.8. The molecule has 3 rings (SSSR count). The summed E-state index contributed by atoms with van der Waals surface area (Å²) in [6.07, 6.45) is 5.45. The van der Waals surface area contributed by atoms with Crippen LogP contribution in [0.1, 0.15) is 12.5 Å². The Morgan fingerprint density at radius 3 is 2.62 bits per heavy atom. The fourth-order valence-electron chi connectivity index (χ4n) is 2.54. The van der Waals surface area contributed by atoms with Crippen molar-refractivity contribution in [3.8, 4) is 11.1 Å². The lowest BCUT2D eigenvalue weighted by Crippen LogP contribution is -1.89. The standard InChI is InChI=1S/C19H16N2/c1-3-16-17(14-9-6-5-7-10-14)13-15-11-8-12-21-18(15)19(16)20-4-2/h3-13H,1H2,2H3/b20-4-. The molecule has 1 heterocycles. The fraction of sp³-hybridized carbons (Fsp3) is 0.0526. The molecule has 0 aliphatic rings. The van der Waals surface area contributed by atoms with Crippen LogP contribution >= 0.6 is 0 Å². The third-order valence-corrected chi connectivity index (χ3v) is 3.46. The second-order valence-corrected chi connectivity index (χ2v) is 4.72. The molecule has 0 bridgehead atoms. The van der Waals surface area contributed by atoms with Gasteiger partial charge in [-0.3, -0.25) is 9.98 Å². The van der Waals surface area contributed by atoms with E-state index in [2.05, 4.69) is 40.8 Å². The van der Waals surface area contributed by atoms with Crippen molar-refractivity contribution in [2.45, 2.75) is 6.92 Å².